The fourth-order valence-electron chi connectivity index (χ4n) is 10.4. The predicted octanol–water partition coefficient (Wildman–Crippen LogP) is 16.7. The molecule has 0 saturated heterocycles. The largest absolute Gasteiger partial charge is 0.477 e. The highest BCUT2D eigenvalue weighted by atomic mass is 17.5. The molecule has 0 amide bonds. The van der Waals surface area contributed by atoms with Crippen LogP contribution in [0.1, 0.15) is 51.7 Å². The number of benzene rings is 10. The number of aromatic nitrogens is 1. The molecule has 0 radical (unpaired) electrons. The van der Waals surface area contributed by atoms with Crippen LogP contribution in [-0.2, 0) is 14.8 Å². The normalized spacial score (nSPS) is 16.0. The number of para-hydroxylation sites is 2. The van der Waals surface area contributed by atoms with Crippen LogP contribution in [0.2, 0.25) is 0 Å². The molecule has 356 valence electrons. The Labute approximate surface area is 425 Å². The second-order valence-corrected chi connectivity index (χ2v) is 18.3. The van der Waals surface area contributed by atoms with Crippen molar-refractivity contribution >= 4 is 44.3 Å². The molecule has 3 aliphatic rings. The van der Waals surface area contributed by atoms with Crippen LogP contribution in [0.15, 0.2) is 236 Å². The van der Waals surface area contributed by atoms with Gasteiger partial charge in [0.05, 0.1) is 5.56 Å². The quantitative estimate of drug-likeness (QED) is 0.0851. The van der Waals surface area contributed by atoms with Crippen LogP contribution in [0.4, 0.5) is 0 Å². The summed E-state index contributed by atoms with van der Waals surface area (Å²) in [6.07, 6.45) is 1.97. The van der Waals surface area contributed by atoms with Gasteiger partial charge in [0.25, 0.3) is 0 Å². The zero-order valence-electron chi connectivity index (χ0n) is 39.5. The molecule has 3 aliphatic carbocycles. The summed E-state index contributed by atoms with van der Waals surface area (Å²) < 4.78 is 34.7. The molecular weight excluding hydrogens is 923 g/mol. The van der Waals surface area contributed by atoms with E-state index in [4.69, 9.17) is 38.5 Å². The minimum absolute atomic E-state index is 0.205. The lowest BCUT2D eigenvalue weighted by Gasteiger charge is -2.23. The van der Waals surface area contributed by atoms with E-state index in [0.29, 0.717) is 57.3 Å². The molecule has 0 aliphatic heterocycles. The molecular formula is C65H43NO8. The van der Waals surface area contributed by atoms with Crippen LogP contribution in [0.25, 0.3) is 55.4 Å². The standard InChI is InChI=1S/C65H43NO8/c1-2-22-45(23-3-1)67-56-31-15-28-52-59(56)64(71-54-30-14-21-41-17-6-9-24-47(41)54)65(62(52)68-46-34-32-40-16-4-5-19-43(40)38-46)73-74-72-61-51-27-12-11-26-49(51)50-35-37-57(69-58-39-44-20-8-13-29-53(44)66-58)63(60(50)61)70-55-36-33-42-18-7-10-25-48(42)55/h1-39,55,61-62,66H. The molecule has 11 aromatic rings. The van der Waals surface area contributed by atoms with Crippen molar-refractivity contribution in [1.82, 2.24) is 4.98 Å². The average molecular weight is 966 g/mol. The first-order valence-electron chi connectivity index (χ1n) is 24.5. The van der Waals surface area contributed by atoms with Crippen LogP contribution in [0.5, 0.6) is 40.4 Å². The Morgan fingerprint density at radius 1 is 0.432 bits per heavy atom. The molecule has 1 aromatic heterocycles. The molecule has 9 nitrogen and oxygen atoms in total. The summed E-state index contributed by atoms with van der Waals surface area (Å²) >= 11 is 0. The number of hydrogen-bond acceptors (Lipinski definition) is 8. The van der Waals surface area contributed by atoms with Gasteiger partial charge in [-0.15, -0.1) is 0 Å². The van der Waals surface area contributed by atoms with Crippen molar-refractivity contribution in [3.63, 3.8) is 0 Å². The van der Waals surface area contributed by atoms with Crippen molar-refractivity contribution < 1.29 is 38.5 Å². The molecule has 0 bridgehead atoms. The van der Waals surface area contributed by atoms with Gasteiger partial charge in [-0.25, -0.2) is 0 Å². The highest BCUT2D eigenvalue weighted by Gasteiger charge is 2.42. The summed E-state index contributed by atoms with van der Waals surface area (Å²) in [6.45, 7) is 0. The number of fused-ring (bicyclic) bond motifs is 8. The smallest absolute Gasteiger partial charge is 0.233 e. The van der Waals surface area contributed by atoms with Crippen LogP contribution in [0.3, 0.4) is 0 Å². The molecule has 0 saturated carbocycles. The Kier molecular flexibility index (Phi) is 10.7. The number of nitrogens with one attached hydrogen (secondary N) is 1. The van der Waals surface area contributed by atoms with Gasteiger partial charge >= 0.3 is 0 Å². The SMILES string of the molecule is C1=CC(Oc2c(Oc3cc4ccccc4[nH]3)ccc3c2C(OOOC2=C(Oc4cccc5ccccc45)c4c(Oc5ccccc5)cccc4C2Oc2ccc4ccccc4c2)c2ccccc2-3)c2ccccc21. The second kappa shape index (κ2) is 18.3. The first-order chi connectivity index (χ1) is 36.7. The molecule has 0 spiro atoms. The Bertz CT molecular complexity index is 3990. The van der Waals surface area contributed by atoms with Crippen molar-refractivity contribution in [3.8, 4) is 51.5 Å². The van der Waals surface area contributed by atoms with Gasteiger partial charge in [0.2, 0.25) is 5.76 Å². The molecule has 74 heavy (non-hydrogen) atoms. The molecule has 1 N–H and O–H groups in total. The average Bonchev–Trinajstić information content (AvgIpc) is 4.22. The van der Waals surface area contributed by atoms with Gasteiger partial charge in [0.15, 0.2) is 35.3 Å². The number of hydrogen-bond donors (Lipinski definition) is 1. The van der Waals surface area contributed by atoms with E-state index in [1.54, 1.807) is 0 Å². The Morgan fingerprint density at radius 3 is 2.07 bits per heavy atom. The Morgan fingerprint density at radius 2 is 1.16 bits per heavy atom. The lowest BCUT2D eigenvalue weighted by atomic mass is 10.0. The summed E-state index contributed by atoms with van der Waals surface area (Å²) in [4.78, 5) is 16.7. The van der Waals surface area contributed by atoms with Gasteiger partial charge in [-0.2, -0.15) is 4.89 Å². The van der Waals surface area contributed by atoms with Crippen LogP contribution < -0.4 is 23.7 Å². The lowest BCUT2D eigenvalue weighted by molar-refractivity contribution is -0.511. The topological polar surface area (TPSA) is 89.6 Å². The van der Waals surface area contributed by atoms with Gasteiger partial charge in [0.1, 0.15) is 29.1 Å². The first-order valence-corrected chi connectivity index (χ1v) is 24.5. The van der Waals surface area contributed by atoms with Crippen molar-refractivity contribution in [1.29, 1.82) is 0 Å². The fraction of sp³-hybridized carbons (Fsp3) is 0.0462. The molecule has 1 heterocycles. The zero-order chi connectivity index (χ0) is 49.0. The van der Waals surface area contributed by atoms with Crippen molar-refractivity contribution in [2.24, 2.45) is 0 Å². The third-order valence-corrected chi connectivity index (χ3v) is 13.9. The molecule has 10 aromatic carbocycles. The number of ether oxygens (including phenoxy) is 5. The van der Waals surface area contributed by atoms with Crippen molar-refractivity contribution in [2.45, 2.75) is 18.3 Å². The first kappa shape index (κ1) is 43.3. The van der Waals surface area contributed by atoms with Gasteiger partial charge in [0, 0.05) is 39.0 Å². The minimum Gasteiger partial charge on any atom is -0.477 e. The van der Waals surface area contributed by atoms with Gasteiger partial charge in [-0.1, -0.05) is 170 Å². The fourth-order valence-corrected chi connectivity index (χ4v) is 10.4. The van der Waals surface area contributed by atoms with Crippen LogP contribution in [0, 0.1) is 0 Å². The Balaban J connectivity index is 0.888. The molecule has 9 heteroatoms. The molecule has 3 unspecified atom stereocenters. The summed E-state index contributed by atoms with van der Waals surface area (Å²) in [5.41, 5.74) is 7.84. The maximum Gasteiger partial charge on any atom is 0.233 e. The highest BCUT2D eigenvalue weighted by Crippen LogP contribution is 2.55. The van der Waals surface area contributed by atoms with E-state index in [0.717, 1.165) is 65.8 Å². The third-order valence-electron chi connectivity index (χ3n) is 13.9. The lowest BCUT2D eigenvalue weighted by Crippen LogP contribution is -2.13. The van der Waals surface area contributed by atoms with Crippen LogP contribution in [-0.4, -0.2) is 4.98 Å². The molecule has 3 atom stereocenters. The van der Waals surface area contributed by atoms with E-state index >= 15 is 0 Å². The number of rotatable bonds is 14. The summed E-state index contributed by atoms with van der Waals surface area (Å²) in [7, 11) is 0. The van der Waals surface area contributed by atoms with E-state index in [2.05, 4.69) is 59.6 Å². The molecule has 14 rings (SSSR count). The van der Waals surface area contributed by atoms with Gasteiger partial charge in [-0.05, 0) is 104 Å². The van der Waals surface area contributed by atoms with Gasteiger partial charge in [-0.3, -0.25) is 0 Å². The van der Waals surface area contributed by atoms with E-state index in [1.165, 1.54) is 0 Å². The molecule has 0 fully saturated rings. The van der Waals surface area contributed by atoms with Crippen molar-refractivity contribution in [3.05, 3.63) is 270 Å². The zero-order valence-corrected chi connectivity index (χ0v) is 39.5. The van der Waals surface area contributed by atoms with E-state index in [9.17, 15) is 0 Å². The highest BCUT2D eigenvalue weighted by molar-refractivity contribution is 5.90. The van der Waals surface area contributed by atoms with Crippen molar-refractivity contribution in [2.75, 3.05) is 0 Å². The number of aromatic amines is 1. The monoisotopic (exact) mass is 965 g/mol. The third kappa shape index (κ3) is 7.75. The minimum atomic E-state index is -0.897. The number of H-pyrrole nitrogens is 1. The second-order valence-electron chi connectivity index (χ2n) is 18.3. The maximum absolute atomic E-state index is 7.13. The van der Waals surface area contributed by atoms with Crippen LogP contribution >= 0.6 is 0 Å². The van der Waals surface area contributed by atoms with E-state index in [-0.39, 0.29) is 5.76 Å². The Hall–Kier alpha value is -9.54. The van der Waals surface area contributed by atoms with E-state index < -0.39 is 18.3 Å². The predicted molar refractivity (Wildman–Crippen MR) is 286 cm³/mol. The summed E-state index contributed by atoms with van der Waals surface area (Å²) in [5.74, 6) is 4.45. The van der Waals surface area contributed by atoms with E-state index in [1.807, 2.05) is 182 Å². The maximum atomic E-state index is 7.13. The summed E-state index contributed by atoms with van der Waals surface area (Å²) in [5, 5.41) is 11.2. The van der Waals surface area contributed by atoms with Gasteiger partial charge < -0.3 is 33.6 Å². The summed E-state index contributed by atoms with van der Waals surface area (Å²) in [6, 6.07) is 74.0.